The van der Waals surface area contributed by atoms with Crippen molar-refractivity contribution in [2.24, 2.45) is 11.8 Å². The molecule has 0 bridgehead atoms. The average molecular weight is 513 g/mol. The molecule has 3 rings (SSSR count). The second-order valence-corrected chi connectivity index (χ2v) is 12.2. The van der Waals surface area contributed by atoms with Crippen LogP contribution < -0.4 is 4.74 Å². The van der Waals surface area contributed by atoms with Gasteiger partial charge in [0.2, 0.25) is 0 Å². The van der Waals surface area contributed by atoms with Gasteiger partial charge >= 0.3 is 0 Å². The predicted octanol–water partition coefficient (Wildman–Crippen LogP) is 10.6. The first-order chi connectivity index (χ1) is 17.5. The lowest BCUT2D eigenvalue weighted by molar-refractivity contribution is 0.303. The Morgan fingerprint density at radius 1 is 0.944 bits per heavy atom. The smallest absolute Gasteiger partial charge is 0.137 e. The van der Waals surface area contributed by atoms with Gasteiger partial charge in [0, 0.05) is 11.1 Å². The van der Waals surface area contributed by atoms with Gasteiger partial charge in [-0.1, -0.05) is 64.3 Å². The zero-order valence-electron chi connectivity index (χ0n) is 23.3. The monoisotopic (exact) mass is 512 g/mol. The van der Waals surface area contributed by atoms with E-state index in [1.807, 2.05) is 19.1 Å². The maximum atomic E-state index is 15.3. The molecule has 36 heavy (non-hydrogen) atoms. The first-order valence-electron chi connectivity index (χ1n) is 14.6. The molecular formula is C33H49FOS. The minimum Gasteiger partial charge on any atom is -0.493 e. The summed E-state index contributed by atoms with van der Waals surface area (Å²) in [4.78, 5) is 0. The highest BCUT2D eigenvalue weighted by Crippen LogP contribution is 2.38. The molecule has 2 aromatic carbocycles. The maximum Gasteiger partial charge on any atom is 0.137 e. The van der Waals surface area contributed by atoms with Crippen molar-refractivity contribution in [3.05, 3.63) is 53.3 Å². The lowest BCUT2D eigenvalue weighted by Crippen LogP contribution is -2.13. The van der Waals surface area contributed by atoms with Gasteiger partial charge in [0.05, 0.1) is 6.61 Å². The fourth-order valence-corrected chi connectivity index (χ4v) is 6.61. The Bertz CT molecular complexity index is 885. The second-order valence-electron chi connectivity index (χ2n) is 11.0. The lowest BCUT2D eigenvalue weighted by atomic mass is 9.77. The van der Waals surface area contributed by atoms with Crippen LogP contribution in [0.25, 0.3) is 11.1 Å². The molecule has 0 heterocycles. The highest BCUT2D eigenvalue weighted by Gasteiger charge is 2.22. The average Bonchev–Trinajstić information content (AvgIpc) is 2.90. The van der Waals surface area contributed by atoms with E-state index < -0.39 is 0 Å². The zero-order chi connectivity index (χ0) is 25.8. The summed E-state index contributed by atoms with van der Waals surface area (Å²) in [5.41, 5.74) is 3.66. The minimum atomic E-state index is -0.155. The predicted molar refractivity (Wildman–Crippen MR) is 157 cm³/mol. The van der Waals surface area contributed by atoms with E-state index in [0.717, 1.165) is 23.8 Å². The van der Waals surface area contributed by atoms with Crippen LogP contribution in [0.4, 0.5) is 4.39 Å². The van der Waals surface area contributed by atoms with E-state index in [0.29, 0.717) is 29.4 Å². The van der Waals surface area contributed by atoms with Crippen LogP contribution in [0, 0.1) is 24.6 Å². The molecule has 0 radical (unpaired) electrons. The highest BCUT2D eigenvalue weighted by atomic mass is 32.2. The number of halogens is 1. The van der Waals surface area contributed by atoms with E-state index in [-0.39, 0.29) is 5.82 Å². The van der Waals surface area contributed by atoms with Crippen LogP contribution in [-0.2, 0) is 0 Å². The third-order valence-electron chi connectivity index (χ3n) is 8.22. The molecule has 3 heteroatoms. The van der Waals surface area contributed by atoms with Gasteiger partial charge in [-0.2, -0.15) is 11.8 Å². The molecule has 0 saturated heterocycles. The quantitative estimate of drug-likeness (QED) is 0.219. The van der Waals surface area contributed by atoms with Gasteiger partial charge < -0.3 is 4.74 Å². The number of thioether (sulfide) groups is 1. The first kappa shape index (κ1) is 29.1. The molecule has 1 unspecified atom stereocenters. The van der Waals surface area contributed by atoms with E-state index in [4.69, 9.17) is 4.74 Å². The number of ether oxygens (including phenoxy) is 1. The number of hydrogen-bond donors (Lipinski definition) is 0. The molecular weight excluding hydrogens is 463 g/mol. The molecule has 1 aliphatic rings. The molecule has 2 aromatic rings. The van der Waals surface area contributed by atoms with Gasteiger partial charge in [-0.25, -0.2) is 4.39 Å². The Morgan fingerprint density at radius 2 is 1.69 bits per heavy atom. The van der Waals surface area contributed by atoms with E-state index in [2.05, 4.69) is 56.8 Å². The highest BCUT2D eigenvalue weighted by molar-refractivity contribution is 7.99. The lowest BCUT2D eigenvalue weighted by Gasteiger charge is -2.28. The van der Waals surface area contributed by atoms with E-state index in [9.17, 15) is 0 Å². The summed E-state index contributed by atoms with van der Waals surface area (Å²) in [6.45, 7) is 9.40. The Labute approximate surface area is 225 Å². The Kier molecular flexibility index (Phi) is 12.7. The second kappa shape index (κ2) is 15.7. The first-order valence-corrected chi connectivity index (χ1v) is 15.8. The number of rotatable bonds is 15. The SMILES string of the molecule is CCCC1CCC(c2ccc(-c3ccc(OCCCCCSCCC(C)CC)c(C)c3F)cc2)CC1. The van der Waals surface area contributed by atoms with Gasteiger partial charge in [-0.15, -0.1) is 0 Å². The van der Waals surface area contributed by atoms with Crippen LogP contribution in [0.5, 0.6) is 5.75 Å². The third-order valence-corrected chi connectivity index (χ3v) is 9.32. The summed E-state index contributed by atoms with van der Waals surface area (Å²) in [5.74, 6) is 5.47. The van der Waals surface area contributed by atoms with Crippen molar-refractivity contribution >= 4 is 11.8 Å². The molecule has 1 aliphatic carbocycles. The van der Waals surface area contributed by atoms with Crippen molar-refractivity contribution in [2.45, 2.75) is 104 Å². The molecule has 1 atom stereocenters. The number of hydrogen-bond acceptors (Lipinski definition) is 2. The summed E-state index contributed by atoms with van der Waals surface area (Å²) < 4.78 is 21.2. The molecule has 1 saturated carbocycles. The Balaban J connectivity index is 1.43. The molecule has 1 nitrogen and oxygen atoms in total. The Morgan fingerprint density at radius 3 is 2.39 bits per heavy atom. The van der Waals surface area contributed by atoms with Crippen LogP contribution in [0.1, 0.15) is 108 Å². The van der Waals surface area contributed by atoms with Gasteiger partial charge in [-0.3, -0.25) is 0 Å². The van der Waals surface area contributed by atoms with E-state index >= 15 is 4.39 Å². The molecule has 0 aromatic heterocycles. The largest absolute Gasteiger partial charge is 0.493 e. The van der Waals surface area contributed by atoms with Gasteiger partial charge in [0.25, 0.3) is 0 Å². The van der Waals surface area contributed by atoms with Crippen molar-refractivity contribution in [1.29, 1.82) is 0 Å². The number of unbranched alkanes of at least 4 members (excludes halogenated alkanes) is 2. The molecule has 1 fully saturated rings. The van der Waals surface area contributed by atoms with Crippen LogP contribution >= 0.6 is 11.8 Å². The van der Waals surface area contributed by atoms with Crippen molar-refractivity contribution in [1.82, 2.24) is 0 Å². The fraction of sp³-hybridized carbons (Fsp3) is 0.636. The summed E-state index contributed by atoms with van der Waals surface area (Å²) in [5, 5.41) is 0. The van der Waals surface area contributed by atoms with Gasteiger partial charge in [0.1, 0.15) is 11.6 Å². The standard InChI is InChI=1S/C33H49FOS/c1-5-10-27-11-13-28(14-12-27)29-15-17-30(18-16-29)31-19-20-32(26(4)33(31)34)35-22-8-7-9-23-36-24-21-25(3)6-2/h15-20,25,27-28H,5-14,21-24H2,1-4H3. The van der Waals surface area contributed by atoms with Crippen LogP contribution in [-0.4, -0.2) is 18.1 Å². The van der Waals surface area contributed by atoms with Crippen molar-refractivity contribution < 1.29 is 9.13 Å². The van der Waals surface area contributed by atoms with Crippen LogP contribution in [0.15, 0.2) is 36.4 Å². The Hall–Kier alpha value is -1.48. The fourth-order valence-electron chi connectivity index (χ4n) is 5.43. The van der Waals surface area contributed by atoms with Crippen molar-refractivity contribution in [2.75, 3.05) is 18.1 Å². The topological polar surface area (TPSA) is 9.23 Å². The maximum absolute atomic E-state index is 15.3. The molecule has 0 N–H and O–H groups in total. The van der Waals surface area contributed by atoms with Crippen molar-refractivity contribution in [3.63, 3.8) is 0 Å². The summed E-state index contributed by atoms with van der Waals surface area (Å²) in [7, 11) is 0. The van der Waals surface area contributed by atoms with E-state index in [1.165, 1.54) is 81.3 Å². The van der Waals surface area contributed by atoms with Gasteiger partial charge in [0.15, 0.2) is 0 Å². The van der Waals surface area contributed by atoms with E-state index in [1.54, 1.807) is 0 Å². The number of benzene rings is 2. The summed E-state index contributed by atoms with van der Waals surface area (Å²) >= 11 is 2.08. The van der Waals surface area contributed by atoms with Crippen molar-refractivity contribution in [3.8, 4) is 16.9 Å². The van der Waals surface area contributed by atoms with Crippen LogP contribution in [0.2, 0.25) is 0 Å². The molecule has 200 valence electrons. The molecule has 0 spiro atoms. The summed E-state index contributed by atoms with van der Waals surface area (Å²) in [6.07, 6.45) is 14.0. The third kappa shape index (κ3) is 8.82. The minimum absolute atomic E-state index is 0.155. The molecule has 0 aliphatic heterocycles. The molecule has 0 amide bonds. The van der Waals surface area contributed by atoms with Gasteiger partial charge in [-0.05, 0) is 111 Å². The van der Waals surface area contributed by atoms with Crippen LogP contribution in [0.3, 0.4) is 0 Å². The summed E-state index contributed by atoms with van der Waals surface area (Å²) in [6, 6.07) is 12.5. The normalized spacial score (nSPS) is 18.8. The zero-order valence-corrected chi connectivity index (χ0v) is 24.1.